The van der Waals surface area contributed by atoms with Crippen molar-refractivity contribution in [3.05, 3.63) is 0 Å². The number of aliphatic carboxylic acids is 1. The molecule has 0 spiro atoms. The smallest absolute Gasteiger partial charge is 0.303 e. The fourth-order valence-corrected chi connectivity index (χ4v) is 2.46. The SMILES string of the molecule is O=C(O)CC1CCN(CCCCCCO)CC1. The highest BCUT2D eigenvalue weighted by atomic mass is 16.4. The van der Waals surface area contributed by atoms with Crippen LogP contribution in [-0.4, -0.2) is 47.3 Å². The number of carbonyl (C=O) groups is 1. The third-order valence-corrected chi connectivity index (χ3v) is 3.55. The predicted octanol–water partition coefficient (Wildman–Crippen LogP) is 1.73. The summed E-state index contributed by atoms with van der Waals surface area (Å²) in [5.41, 5.74) is 0. The molecule has 0 aliphatic carbocycles. The van der Waals surface area contributed by atoms with Gasteiger partial charge >= 0.3 is 5.97 Å². The van der Waals surface area contributed by atoms with Crippen LogP contribution >= 0.6 is 0 Å². The third-order valence-electron chi connectivity index (χ3n) is 3.55. The van der Waals surface area contributed by atoms with Gasteiger partial charge in [0.1, 0.15) is 0 Å². The molecule has 1 rings (SSSR count). The molecule has 0 unspecified atom stereocenters. The van der Waals surface area contributed by atoms with Gasteiger partial charge in [-0.15, -0.1) is 0 Å². The molecule has 2 N–H and O–H groups in total. The van der Waals surface area contributed by atoms with Crippen molar-refractivity contribution in [1.29, 1.82) is 0 Å². The van der Waals surface area contributed by atoms with E-state index < -0.39 is 5.97 Å². The molecule has 4 nitrogen and oxygen atoms in total. The first kappa shape index (κ1) is 14.5. The average Bonchev–Trinajstić information content (AvgIpc) is 2.30. The summed E-state index contributed by atoms with van der Waals surface area (Å²) >= 11 is 0. The first-order valence-corrected chi connectivity index (χ1v) is 6.77. The number of hydrogen-bond acceptors (Lipinski definition) is 3. The van der Waals surface area contributed by atoms with E-state index in [1.807, 2.05) is 0 Å². The fourth-order valence-electron chi connectivity index (χ4n) is 2.46. The van der Waals surface area contributed by atoms with Gasteiger partial charge in [-0.2, -0.15) is 0 Å². The normalized spacial score (nSPS) is 18.4. The maximum Gasteiger partial charge on any atom is 0.303 e. The second-order valence-corrected chi connectivity index (χ2v) is 5.02. The Kier molecular flexibility index (Phi) is 7.21. The minimum Gasteiger partial charge on any atom is -0.481 e. The molecule has 0 amide bonds. The first-order valence-electron chi connectivity index (χ1n) is 6.77. The fraction of sp³-hybridized carbons (Fsp3) is 0.923. The highest BCUT2D eigenvalue weighted by Gasteiger charge is 2.20. The predicted molar refractivity (Wildman–Crippen MR) is 67.0 cm³/mol. The van der Waals surface area contributed by atoms with Crippen molar-refractivity contribution in [3.8, 4) is 0 Å². The number of unbranched alkanes of at least 4 members (excludes halogenated alkanes) is 3. The van der Waals surface area contributed by atoms with Gasteiger partial charge in [-0.3, -0.25) is 4.79 Å². The van der Waals surface area contributed by atoms with E-state index in [1.54, 1.807) is 0 Å². The standard InChI is InChI=1S/C13H25NO3/c15-10-4-2-1-3-7-14-8-5-12(6-9-14)11-13(16)17/h12,15H,1-11H2,(H,16,17). The van der Waals surface area contributed by atoms with Gasteiger partial charge in [0.05, 0.1) is 0 Å². The summed E-state index contributed by atoms with van der Waals surface area (Å²) in [4.78, 5) is 13.0. The molecule has 0 aromatic rings. The minimum atomic E-state index is -0.660. The number of piperidine rings is 1. The van der Waals surface area contributed by atoms with Crippen LogP contribution in [0.5, 0.6) is 0 Å². The molecule has 0 atom stereocenters. The van der Waals surface area contributed by atoms with Gasteiger partial charge in [0.15, 0.2) is 0 Å². The molecule has 100 valence electrons. The molecule has 0 saturated carbocycles. The molecule has 1 fully saturated rings. The van der Waals surface area contributed by atoms with Crippen LogP contribution in [0.4, 0.5) is 0 Å². The molecule has 4 heteroatoms. The summed E-state index contributed by atoms with van der Waals surface area (Å²) < 4.78 is 0. The second-order valence-electron chi connectivity index (χ2n) is 5.02. The molecule has 0 radical (unpaired) electrons. The third kappa shape index (κ3) is 6.64. The van der Waals surface area contributed by atoms with Gasteiger partial charge in [-0.25, -0.2) is 0 Å². The summed E-state index contributed by atoms with van der Waals surface area (Å²) in [6, 6.07) is 0. The molecule has 1 saturated heterocycles. The van der Waals surface area contributed by atoms with E-state index in [-0.39, 0.29) is 0 Å². The Bertz CT molecular complexity index is 213. The van der Waals surface area contributed by atoms with Crippen LogP contribution < -0.4 is 0 Å². The minimum absolute atomic E-state index is 0.306. The van der Waals surface area contributed by atoms with Crippen molar-refractivity contribution in [2.24, 2.45) is 5.92 Å². The maximum atomic E-state index is 10.6. The van der Waals surface area contributed by atoms with Gasteiger partial charge in [0, 0.05) is 13.0 Å². The van der Waals surface area contributed by atoms with E-state index in [2.05, 4.69) is 4.90 Å². The van der Waals surface area contributed by atoms with E-state index in [9.17, 15) is 4.79 Å². The zero-order valence-electron chi connectivity index (χ0n) is 10.6. The number of carboxylic acid groups (broad SMARTS) is 1. The molecule has 0 aromatic carbocycles. The topological polar surface area (TPSA) is 60.8 Å². The molecule has 0 bridgehead atoms. The molecule has 17 heavy (non-hydrogen) atoms. The molecular weight excluding hydrogens is 218 g/mol. The zero-order chi connectivity index (χ0) is 12.5. The summed E-state index contributed by atoms with van der Waals surface area (Å²) in [5.74, 6) is -0.273. The summed E-state index contributed by atoms with van der Waals surface area (Å²) in [6.07, 6.45) is 6.82. The van der Waals surface area contributed by atoms with Crippen molar-refractivity contribution in [2.75, 3.05) is 26.2 Å². The van der Waals surface area contributed by atoms with Gasteiger partial charge in [-0.05, 0) is 51.2 Å². The van der Waals surface area contributed by atoms with E-state index in [0.717, 1.165) is 45.3 Å². The van der Waals surface area contributed by atoms with Gasteiger partial charge < -0.3 is 15.1 Å². The Morgan fingerprint density at radius 3 is 2.35 bits per heavy atom. The summed E-state index contributed by atoms with van der Waals surface area (Å²) in [7, 11) is 0. The maximum absolute atomic E-state index is 10.6. The molecule has 1 aliphatic heterocycles. The molecule has 1 aliphatic rings. The Balaban J connectivity index is 2.01. The van der Waals surface area contributed by atoms with E-state index in [4.69, 9.17) is 10.2 Å². The number of likely N-dealkylation sites (tertiary alicyclic amines) is 1. The quantitative estimate of drug-likeness (QED) is 0.637. The van der Waals surface area contributed by atoms with E-state index in [0.29, 0.717) is 18.9 Å². The molecule has 0 aromatic heterocycles. The van der Waals surface area contributed by atoms with Crippen LogP contribution in [0.3, 0.4) is 0 Å². The highest BCUT2D eigenvalue weighted by molar-refractivity contribution is 5.67. The lowest BCUT2D eigenvalue weighted by atomic mass is 9.93. The van der Waals surface area contributed by atoms with Gasteiger partial charge in [0.2, 0.25) is 0 Å². The van der Waals surface area contributed by atoms with Crippen molar-refractivity contribution in [2.45, 2.75) is 44.9 Å². The lowest BCUT2D eigenvalue weighted by molar-refractivity contribution is -0.138. The Labute approximate surface area is 104 Å². The Morgan fingerprint density at radius 1 is 1.12 bits per heavy atom. The highest BCUT2D eigenvalue weighted by Crippen LogP contribution is 2.20. The van der Waals surface area contributed by atoms with Crippen LogP contribution in [0.25, 0.3) is 0 Å². The van der Waals surface area contributed by atoms with Gasteiger partial charge in [-0.1, -0.05) is 12.8 Å². The zero-order valence-corrected chi connectivity index (χ0v) is 10.6. The lowest BCUT2D eigenvalue weighted by Crippen LogP contribution is -2.35. The molecule has 1 heterocycles. The largest absolute Gasteiger partial charge is 0.481 e. The number of aliphatic hydroxyl groups excluding tert-OH is 1. The number of aliphatic hydroxyl groups is 1. The number of carboxylic acids is 1. The Hall–Kier alpha value is -0.610. The van der Waals surface area contributed by atoms with Crippen LogP contribution in [-0.2, 0) is 4.79 Å². The van der Waals surface area contributed by atoms with Crippen LogP contribution in [0.15, 0.2) is 0 Å². The summed E-state index contributed by atoms with van der Waals surface area (Å²) in [6.45, 7) is 3.54. The number of rotatable bonds is 8. The van der Waals surface area contributed by atoms with Gasteiger partial charge in [0.25, 0.3) is 0 Å². The van der Waals surface area contributed by atoms with Crippen LogP contribution in [0, 0.1) is 5.92 Å². The number of hydrogen-bond donors (Lipinski definition) is 2. The van der Waals surface area contributed by atoms with Crippen molar-refractivity contribution >= 4 is 5.97 Å². The van der Waals surface area contributed by atoms with Crippen molar-refractivity contribution in [1.82, 2.24) is 4.90 Å². The van der Waals surface area contributed by atoms with Crippen molar-refractivity contribution < 1.29 is 15.0 Å². The van der Waals surface area contributed by atoms with Crippen LogP contribution in [0.1, 0.15) is 44.9 Å². The average molecular weight is 243 g/mol. The van der Waals surface area contributed by atoms with Crippen molar-refractivity contribution in [3.63, 3.8) is 0 Å². The second kappa shape index (κ2) is 8.48. The first-order chi connectivity index (χ1) is 8.22. The Morgan fingerprint density at radius 2 is 1.76 bits per heavy atom. The number of nitrogens with zero attached hydrogens (tertiary/aromatic N) is 1. The van der Waals surface area contributed by atoms with Crippen LogP contribution in [0.2, 0.25) is 0 Å². The van der Waals surface area contributed by atoms with E-state index >= 15 is 0 Å². The lowest BCUT2D eigenvalue weighted by Gasteiger charge is -2.31. The van der Waals surface area contributed by atoms with E-state index in [1.165, 1.54) is 12.8 Å². The summed E-state index contributed by atoms with van der Waals surface area (Å²) in [5, 5.41) is 17.4. The monoisotopic (exact) mass is 243 g/mol. The molecular formula is C13H25NO3.